The third-order valence-corrected chi connectivity index (χ3v) is 8.10. The van der Waals surface area contributed by atoms with Crippen LogP contribution >= 0.6 is 0 Å². The topological polar surface area (TPSA) is 12.5 Å². The number of ether oxygens (including phenoxy) is 1. The standard InChI is InChI=1S/C27H43NO/c1-27(2,3)23-13-17-26(18-14-23)29-25-15-11-21(12-16-25)22-8-7-19-28(20-22)24-9-5-4-6-10-24/h11-12,15-16,22-24,26H,4-10,13-14,17-20H2,1-3H3. The summed E-state index contributed by atoms with van der Waals surface area (Å²) in [6.45, 7) is 9.75. The van der Waals surface area contributed by atoms with Gasteiger partial charge in [-0.15, -0.1) is 0 Å². The summed E-state index contributed by atoms with van der Waals surface area (Å²) in [5.74, 6) is 2.64. The molecule has 0 bridgehead atoms. The summed E-state index contributed by atoms with van der Waals surface area (Å²) in [6.07, 6.45) is 15.3. The molecule has 0 radical (unpaired) electrons. The maximum absolute atomic E-state index is 6.36. The number of nitrogens with zero attached hydrogens (tertiary/aromatic N) is 1. The van der Waals surface area contributed by atoms with Gasteiger partial charge in [0.15, 0.2) is 0 Å². The first-order valence-electron chi connectivity index (χ1n) is 12.5. The summed E-state index contributed by atoms with van der Waals surface area (Å²) in [6, 6.07) is 10.0. The van der Waals surface area contributed by atoms with Crippen molar-refractivity contribution in [3.63, 3.8) is 0 Å². The summed E-state index contributed by atoms with van der Waals surface area (Å²) in [5.41, 5.74) is 1.97. The highest BCUT2D eigenvalue weighted by molar-refractivity contribution is 5.30. The van der Waals surface area contributed by atoms with Gasteiger partial charge in [0, 0.05) is 12.6 Å². The molecule has 162 valence electrons. The van der Waals surface area contributed by atoms with Gasteiger partial charge in [-0.25, -0.2) is 0 Å². The molecule has 3 aliphatic rings. The van der Waals surface area contributed by atoms with Crippen LogP contribution in [0.5, 0.6) is 5.75 Å². The molecule has 2 aliphatic carbocycles. The number of rotatable bonds is 4. The summed E-state index contributed by atoms with van der Waals surface area (Å²) < 4.78 is 6.36. The molecule has 3 fully saturated rings. The molecule has 0 spiro atoms. The summed E-state index contributed by atoms with van der Waals surface area (Å²) in [4.78, 5) is 2.81. The van der Waals surface area contributed by atoms with E-state index in [1.54, 1.807) is 0 Å². The highest BCUT2D eigenvalue weighted by Gasteiger charge is 2.31. The maximum atomic E-state index is 6.36. The Morgan fingerprint density at radius 1 is 0.793 bits per heavy atom. The van der Waals surface area contributed by atoms with Crippen LogP contribution in [0, 0.1) is 11.3 Å². The van der Waals surface area contributed by atoms with Crippen molar-refractivity contribution in [1.29, 1.82) is 0 Å². The second-order valence-electron chi connectivity index (χ2n) is 11.2. The Morgan fingerprint density at radius 2 is 1.48 bits per heavy atom. The normalized spacial score (nSPS) is 30.2. The third-order valence-electron chi connectivity index (χ3n) is 8.10. The molecule has 2 nitrogen and oxygen atoms in total. The lowest BCUT2D eigenvalue weighted by molar-refractivity contribution is 0.0881. The second-order valence-corrected chi connectivity index (χ2v) is 11.2. The Balaban J connectivity index is 1.29. The number of piperidine rings is 1. The van der Waals surface area contributed by atoms with Crippen LogP contribution in [-0.2, 0) is 0 Å². The Morgan fingerprint density at radius 3 is 2.14 bits per heavy atom. The van der Waals surface area contributed by atoms with Crippen LogP contribution in [0.4, 0.5) is 0 Å². The molecule has 2 saturated carbocycles. The molecular formula is C27H43NO. The quantitative estimate of drug-likeness (QED) is 0.533. The average Bonchev–Trinajstić information content (AvgIpc) is 2.75. The average molecular weight is 398 g/mol. The Bertz CT molecular complexity index is 617. The molecule has 0 amide bonds. The van der Waals surface area contributed by atoms with Crippen molar-refractivity contribution >= 4 is 0 Å². The molecule has 1 aromatic carbocycles. The molecular weight excluding hydrogens is 354 g/mol. The first kappa shape index (κ1) is 21.2. The summed E-state index contributed by atoms with van der Waals surface area (Å²) in [7, 11) is 0. The smallest absolute Gasteiger partial charge is 0.119 e. The van der Waals surface area contributed by atoms with Crippen molar-refractivity contribution in [2.45, 2.75) is 109 Å². The van der Waals surface area contributed by atoms with E-state index in [1.165, 1.54) is 89.3 Å². The van der Waals surface area contributed by atoms with Gasteiger partial charge >= 0.3 is 0 Å². The van der Waals surface area contributed by atoms with Crippen molar-refractivity contribution in [3.05, 3.63) is 29.8 Å². The minimum absolute atomic E-state index is 0.413. The van der Waals surface area contributed by atoms with E-state index in [0.717, 1.165) is 17.7 Å². The molecule has 1 heterocycles. The van der Waals surface area contributed by atoms with Gasteiger partial charge in [-0.05, 0) is 92.9 Å². The Hall–Kier alpha value is -1.02. The van der Waals surface area contributed by atoms with E-state index in [0.29, 0.717) is 17.4 Å². The highest BCUT2D eigenvalue weighted by Crippen LogP contribution is 2.39. The zero-order chi connectivity index (χ0) is 20.3. The molecule has 1 saturated heterocycles. The lowest BCUT2D eigenvalue weighted by atomic mass is 9.72. The van der Waals surface area contributed by atoms with Crippen LogP contribution in [0.2, 0.25) is 0 Å². The fourth-order valence-electron chi connectivity index (χ4n) is 6.11. The number of likely N-dealkylation sites (tertiary alicyclic amines) is 1. The summed E-state index contributed by atoms with van der Waals surface area (Å²) in [5, 5.41) is 0. The summed E-state index contributed by atoms with van der Waals surface area (Å²) >= 11 is 0. The fraction of sp³-hybridized carbons (Fsp3) is 0.778. The van der Waals surface area contributed by atoms with Crippen molar-refractivity contribution < 1.29 is 4.74 Å². The maximum Gasteiger partial charge on any atom is 0.119 e. The molecule has 4 rings (SSSR count). The lowest BCUT2D eigenvalue weighted by Crippen LogP contribution is -2.42. The van der Waals surface area contributed by atoms with E-state index in [9.17, 15) is 0 Å². The Kier molecular flexibility index (Phi) is 6.89. The fourth-order valence-corrected chi connectivity index (χ4v) is 6.11. The molecule has 0 N–H and O–H groups in total. The van der Waals surface area contributed by atoms with Crippen LogP contribution in [0.3, 0.4) is 0 Å². The van der Waals surface area contributed by atoms with E-state index >= 15 is 0 Å². The molecule has 29 heavy (non-hydrogen) atoms. The van der Waals surface area contributed by atoms with Crippen molar-refractivity contribution in [2.75, 3.05) is 13.1 Å². The number of hydrogen-bond donors (Lipinski definition) is 0. The van der Waals surface area contributed by atoms with E-state index in [1.807, 2.05) is 0 Å². The van der Waals surface area contributed by atoms with E-state index in [4.69, 9.17) is 4.74 Å². The van der Waals surface area contributed by atoms with Crippen LogP contribution in [0.25, 0.3) is 0 Å². The van der Waals surface area contributed by atoms with E-state index < -0.39 is 0 Å². The minimum atomic E-state index is 0.413. The second kappa shape index (κ2) is 9.41. The van der Waals surface area contributed by atoms with Gasteiger partial charge in [0.25, 0.3) is 0 Å². The first-order valence-corrected chi connectivity index (χ1v) is 12.5. The third kappa shape index (κ3) is 5.57. The first-order chi connectivity index (χ1) is 14.0. The van der Waals surface area contributed by atoms with Crippen molar-refractivity contribution in [1.82, 2.24) is 4.90 Å². The predicted octanol–water partition coefficient (Wildman–Crippen LogP) is 7.18. The monoisotopic (exact) mass is 397 g/mol. The van der Waals surface area contributed by atoms with Crippen molar-refractivity contribution in [2.24, 2.45) is 11.3 Å². The molecule has 1 aliphatic heterocycles. The molecule has 1 atom stereocenters. The van der Waals surface area contributed by atoms with Gasteiger partial charge in [-0.1, -0.05) is 52.2 Å². The van der Waals surface area contributed by atoms with Gasteiger partial charge in [-0.3, -0.25) is 4.90 Å². The van der Waals surface area contributed by atoms with Crippen LogP contribution in [-0.4, -0.2) is 30.1 Å². The molecule has 1 aromatic rings. The highest BCUT2D eigenvalue weighted by atomic mass is 16.5. The molecule has 0 aromatic heterocycles. The van der Waals surface area contributed by atoms with Crippen LogP contribution < -0.4 is 4.74 Å². The molecule has 2 heteroatoms. The van der Waals surface area contributed by atoms with Gasteiger partial charge in [0.2, 0.25) is 0 Å². The zero-order valence-electron chi connectivity index (χ0n) is 19.2. The molecule has 1 unspecified atom stereocenters. The van der Waals surface area contributed by atoms with E-state index in [-0.39, 0.29) is 0 Å². The number of hydrogen-bond acceptors (Lipinski definition) is 2. The van der Waals surface area contributed by atoms with Crippen LogP contribution in [0.15, 0.2) is 24.3 Å². The van der Waals surface area contributed by atoms with E-state index in [2.05, 4.69) is 49.9 Å². The van der Waals surface area contributed by atoms with Gasteiger partial charge < -0.3 is 4.74 Å². The van der Waals surface area contributed by atoms with Crippen molar-refractivity contribution in [3.8, 4) is 5.75 Å². The largest absolute Gasteiger partial charge is 0.490 e. The van der Waals surface area contributed by atoms with Gasteiger partial charge in [0.1, 0.15) is 5.75 Å². The number of benzene rings is 1. The minimum Gasteiger partial charge on any atom is -0.490 e. The van der Waals surface area contributed by atoms with Crippen LogP contribution in [0.1, 0.15) is 103 Å². The Labute approximate surface area is 179 Å². The SMILES string of the molecule is CC(C)(C)C1CCC(Oc2ccc(C3CCCN(C4CCCCC4)C3)cc2)CC1. The van der Waals surface area contributed by atoms with Gasteiger partial charge in [0.05, 0.1) is 6.10 Å². The van der Waals surface area contributed by atoms with Gasteiger partial charge in [-0.2, -0.15) is 0 Å². The zero-order valence-corrected chi connectivity index (χ0v) is 19.2. The predicted molar refractivity (Wildman–Crippen MR) is 123 cm³/mol. The lowest BCUT2D eigenvalue weighted by Gasteiger charge is -2.40.